The number of rotatable bonds is 4. The van der Waals surface area contributed by atoms with Crippen LogP contribution in [0.15, 0.2) is 40.9 Å². The van der Waals surface area contributed by atoms with Crippen LogP contribution in [0.1, 0.15) is 13.8 Å². The van der Waals surface area contributed by atoms with Crippen LogP contribution in [-0.2, 0) is 0 Å². The molecule has 2 aromatic heterocycles. The summed E-state index contributed by atoms with van der Waals surface area (Å²) in [5.41, 5.74) is 7.56. The van der Waals surface area contributed by atoms with Crippen molar-refractivity contribution < 1.29 is 0 Å². The molecule has 0 amide bonds. The molecule has 0 aliphatic carbocycles. The fourth-order valence-electron chi connectivity index (χ4n) is 1.63. The van der Waals surface area contributed by atoms with E-state index in [0.717, 1.165) is 26.3 Å². The van der Waals surface area contributed by atoms with Crippen molar-refractivity contribution in [2.75, 3.05) is 12.3 Å². The largest absolute Gasteiger partial charge is 0.330 e. The maximum Gasteiger partial charge on any atom is 0.213 e. The van der Waals surface area contributed by atoms with Gasteiger partial charge in [-0.25, -0.2) is 9.50 Å². The third kappa shape index (κ3) is 3.39. The Bertz CT molecular complexity index is 614. The van der Waals surface area contributed by atoms with Crippen molar-refractivity contribution in [1.82, 2.24) is 14.6 Å². The minimum absolute atomic E-state index is 0.668. The molecule has 0 aliphatic rings. The van der Waals surface area contributed by atoms with Gasteiger partial charge in [-0.1, -0.05) is 67.3 Å². The summed E-state index contributed by atoms with van der Waals surface area (Å²) < 4.78 is 2.86. The Morgan fingerprint density at radius 1 is 1.25 bits per heavy atom. The van der Waals surface area contributed by atoms with E-state index >= 15 is 0 Å². The van der Waals surface area contributed by atoms with Gasteiger partial charge in [0.2, 0.25) is 4.96 Å². The lowest BCUT2D eigenvalue weighted by molar-refractivity contribution is 0.915. The number of benzene rings is 1. The van der Waals surface area contributed by atoms with Gasteiger partial charge in [0, 0.05) is 17.9 Å². The SMILES string of the molecule is CC.NCCSc1nn2cc(-c3ccccc3)nc2s1. The smallest absolute Gasteiger partial charge is 0.213 e. The van der Waals surface area contributed by atoms with Crippen molar-refractivity contribution in [3.8, 4) is 11.3 Å². The molecule has 3 aromatic rings. The second kappa shape index (κ2) is 7.42. The molecule has 0 aliphatic heterocycles. The highest BCUT2D eigenvalue weighted by molar-refractivity contribution is 8.01. The van der Waals surface area contributed by atoms with Crippen molar-refractivity contribution in [3.63, 3.8) is 0 Å². The van der Waals surface area contributed by atoms with E-state index in [2.05, 4.69) is 22.2 Å². The molecular weight excluding hydrogens is 288 g/mol. The van der Waals surface area contributed by atoms with Crippen LogP contribution in [0.4, 0.5) is 0 Å². The Hall–Kier alpha value is -1.37. The van der Waals surface area contributed by atoms with E-state index in [-0.39, 0.29) is 0 Å². The highest BCUT2D eigenvalue weighted by Crippen LogP contribution is 2.26. The summed E-state index contributed by atoms with van der Waals surface area (Å²) in [4.78, 5) is 5.51. The first-order valence-corrected chi connectivity index (χ1v) is 8.41. The van der Waals surface area contributed by atoms with Gasteiger partial charge in [0.25, 0.3) is 0 Å². The van der Waals surface area contributed by atoms with Crippen LogP contribution in [0.25, 0.3) is 16.2 Å². The topological polar surface area (TPSA) is 56.2 Å². The number of fused-ring (bicyclic) bond motifs is 1. The van der Waals surface area contributed by atoms with Crippen molar-refractivity contribution in [2.24, 2.45) is 5.73 Å². The lowest BCUT2D eigenvalue weighted by Gasteiger charge is -1.93. The van der Waals surface area contributed by atoms with E-state index in [4.69, 9.17) is 5.73 Å². The molecule has 20 heavy (non-hydrogen) atoms. The van der Waals surface area contributed by atoms with E-state index in [9.17, 15) is 0 Å². The van der Waals surface area contributed by atoms with E-state index in [0.29, 0.717) is 6.54 Å². The van der Waals surface area contributed by atoms with E-state index in [1.54, 1.807) is 23.1 Å². The molecule has 0 saturated heterocycles. The van der Waals surface area contributed by atoms with Crippen LogP contribution in [0, 0.1) is 0 Å². The third-order valence-electron chi connectivity index (χ3n) is 2.44. The van der Waals surface area contributed by atoms with Gasteiger partial charge in [0.1, 0.15) is 0 Å². The Morgan fingerprint density at radius 3 is 2.65 bits per heavy atom. The summed E-state index contributed by atoms with van der Waals surface area (Å²) in [6.45, 7) is 4.67. The number of nitrogens with two attached hydrogens (primary N) is 1. The fourth-order valence-corrected chi connectivity index (χ4v) is 3.40. The van der Waals surface area contributed by atoms with Gasteiger partial charge in [0.05, 0.1) is 11.9 Å². The third-order valence-corrected chi connectivity index (χ3v) is 4.53. The number of nitrogens with zero attached hydrogens (tertiary/aromatic N) is 3. The highest BCUT2D eigenvalue weighted by atomic mass is 32.2. The lowest BCUT2D eigenvalue weighted by Crippen LogP contribution is -2.00. The summed E-state index contributed by atoms with van der Waals surface area (Å²) in [6.07, 6.45) is 1.97. The van der Waals surface area contributed by atoms with E-state index in [1.165, 1.54) is 0 Å². The lowest BCUT2D eigenvalue weighted by atomic mass is 10.2. The molecule has 2 heterocycles. The maximum atomic E-state index is 5.48. The number of aromatic nitrogens is 3. The normalized spacial score (nSPS) is 10.3. The van der Waals surface area contributed by atoms with Gasteiger partial charge in [0.15, 0.2) is 4.34 Å². The molecule has 0 fully saturated rings. The zero-order valence-electron chi connectivity index (χ0n) is 11.6. The van der Waals surface area contributed by atoms with Crippen LogP contribution in [0.2, 0.25) is 0 Å². The van der Waals surface area contributed by atoms with Crippen molar-refractivity contribution in [1.29, 1.82) is 0 Å². The first-order valence-electron chi connectivity index (χ1n) is 6.61. The van der Waals surface area contributed by atoms with E-state index < -0.39 is 0 Å². The Morgan fingerprint density at radius 2 is 2.00 bits per heavy atom. The van der Waals surface area contributed by atoms with Crippen LogP contribution in [0.5, 0.6) is 0 Å². The van der Waals surface area contributed by atoms with Crippen LogP contribution < -0.4 is 5.73 Å². The molecular formula is C14H18N4S2. The minimum Gasteiger partial charge on any atom is -0.330 e. The van der Waals surface area contributed by atoms with Crippen LogP contribution >= 0.6 is 23.1 Å². The van der Waals surface area contributed by atoms with Gasteiger partial charge >= 0.3 is 0 Å². The summed E-state index contributed by atoms with van der Waals surface area (Å²) in [5.74, 6) is 0.891. The average Bonchev–Trinajstić information content (AvgIpc) is 3.06. The highest BCUT2D eigenvalue weighted by Gasteiger charge is 2.09. The summed E-state index contributed by atoms with van der Waals surface area (Å²) in [7, 11) is 0. The molecule has 1 aromatic carbocycles. The van der Waals surface area contributed by atoms with Gasteiger partial charge in [-0.2, -0.15) is 0 Å². The van der Waals surface area contributed by atoms with E-state index in [1.807, 2.05) is 42.8 Å². The van der Waals surface area contributed by atoms with Crippen LogP contribution in [-0.4, -0.2) is 26.9 Å². The maximum absolute atomic E-state index is 5.48. The van der Waals surface area contributed by atoms with Gasteiger partial charge in [-0.15, -0.1) is 5.10 Å². The van der Waals surface area contributed by atoms with Crippen LogP contribution in [0.3, 0.4) is 0 Å². The molecule has 106 valence electrons. The Balaban J connectivity index is 0.000000704. The fraction of sp³-hybridized carbons (Fsp3) is 0.286. The first-order chi connectivity index (χ1) is 9.86. The molecule has 0 atom stereocenters. The standard InChI is InChI=1S/C12H12N4S2.C2H6/c13-6-7-17-12-15-16-8-10(14-11(16)18-12)9-4-2-1-3-5-9;1-2/h1-5,8H,6-7,13H2;1-2H3. The minimum atomic E-state index is 0.668. The second-order valence-electron chi connectivity index (χ2n) is 3.72. The first kappa shape index (κ1) is 15.0. The number of hydrogen-bond acceptors (Lipinski definition) is 5. The molecule has 0 unspecified atom stereocenters. The number of thioether (sulfide) groups is 1. The molecule has 3 rings (SSSR count). The monoisotopic (exact) mass is 306 g/mol. The van der Waals surface area contributed by atoms with Crippen molar-refractivity contribution in [2.45, 2.75) is 18.2 Å². The zero-order valence-corrected chi connectivity index (χ0v) is 13.2. The Labute approximate surface area is 127 Å². The summed E-state index contributed by atoms with van der Waals surface area (Å²) >= 11 is 3.27. The summed E-state index contributed by atoms with van der Waals surface area (Å²) in [6, 6.07) is 10.1. The van der Waals surface area contributed by atoms with Crippen molar-refractivity contribution in [3.05, 3.63) is 36.5 Å². The number of hydrogen-bond donors (Lipinski definition) is 1. The van der Waals surface area contributed by atoms with Crippen molar-refractivity contribution >= 4 is 28.1 Å². The Kier molecular flexibility index (Phi) is 5.58. The van der Waals surface area contributed by atoms with Gasteiger partial charge < -0.3 is 5.73 Å². The number of imidazole rings is 1. The summed E-state index contributed by atoms with van der Waals surface area (Å²) in [5, 5.41) is 4.48. The second-order valence-corrected chi connectivity index (χ2v) is 6.02. The molecule has 0 saturated carbocycles. The average molecular weight is 306 g/mol. The molecule has 6 heteroatoms. The van der Waals surface area contributed by atoms with Gasteiger partial charge in [-0.05, 0) is 0 Å². The van der Waals surface area contributed by atoms with Gasteiger partial charge in [-0.3, -0.25) is 0 Å². The molecule has 0 radical (unpaired) electrons. The molecule has 0 bridgehead atoms. The molecule has 0 spiro atoms. The molecule has 2 N–H and O–H groups in total. The zero-order chi connectivity index (χ0) is 14.4. The predicted octanol–water partition coefficient (Wildman–Crippen LogP) is 3.53. The predicted molar refractivity (Wildman–Crippen MR) is 87.4 cm³/mol. The molecule has 4 nitrogen and oxygen atoms in total. The quantitative estimate of drug-likeness (QED) is 0.749.